The van der Waals surface area contributed by atoms with Crippen LogP contribution in [0.3, 0.4) is 0 Å². The van der Waals surface area contributed by atoms with E-state index >= 15 is 0 Å². The van der Waals surface area contributed by atoms with Crippen LogP contribution in [-0.4, -0.2) is 42.0 Å². The summed E-state index contributed by atoms with van der Waals surface area (Å²) in [5.41, 5.74) is 0. The van der Waals surface area contributed by atoms with Crippen molar-refractivity contribution in [2.45, 2.75) is 64.8 Å². The Labute approximate surface area is 142 Å². The van der Waals surface area contributed by atoms with E-state index in [9.17, 15) is 18.9 Å². The summed E-state index contributed by atoms with van der Waals surface area (Å²) in [6.07, 6.45) is 1.87. The minimum absolute atomic E-state index is 0.0818. The Morgan fingerprint density at radius 3 is 2.17 bits per heavy atom. The van der Waals surface area contributed by atoms with Crippen molar-refractivity contribution in [2.24, 2.45) is 0 Å². The van der Waals surface area contributed by atoms with Crippen molar-refractivity contribution in [3.8, 4) is 0 Å². The number of unbranched alkanes of at least 4 members (excludes halogenated alkanes) is 3. The zero-order valence-corrected chi connectivity index (χ0v) is 16.0. The lowest BCUT2D eigenvalue weighted by Gasteiger charge is -2.23. The monoisotopic (exact) mass is 390 g/mol. The normalized spacial score (nSPS) is 26.2. The summed E-state index contributed by atoms with van der Waals surface area (Å²) in [6.45, 7) is 4.25. The highest BCUT2D eigenvalue weighted by Gasteiger charge is 2.41. The highest BCUT2D eigenvalue weighted by atomic mass is 31.2. The van der Waals surface area contributed by atoms with E-state index in [0.717, 1.165) is 19.3 Å². The maximum absolute atomic E-state index is 11.9. The SMILES string of the molecule is CCCCCOP(=O)(O)O[C@H]1OCC[C@@H]1OP(=O)(O)OCCCC. The van der Waals surface area contributed by atoms with Gasteiger partial charge in [0.25, 0.3) is 0 Å². The number of rotatable bonds is 13. The van der Waals surface area contributed by atoms with Crippen molar-refractivity contribution in [3.05, 3.63) is 0 Å². The molecule has 1 aliphatic rings. The number of phosphoric ester groups is 2. The number of ether oxygens (including phenoxy) is 1. The molecule has 0 radical (unpaired) electrons. The molecule has 1 rings (SSSR count). The molecule has 1 heterocycles. The molecule has 1 fully saturated rings. The largest absolute Gasteiger partial charge is 0.474 e. The number of phosphoric acid groups is 2. The zero-order chi connectivity index (χ0) is 18.1. The Balaban J connectivity index is 2.46. The molecule has 1 saturated heterocycles. The number of hydrogen-bond acceptors (Lipinski definition) is 7. The molecule has 0 saturated carbocycles. The van der Waals surface area contributed by atoms with Gasteiger partial charge in [0.05, 0.1) is 19.8 Å². The minimum Gasteiger partial charge on any atom is -0.349 e. The van der Waals surface area contributed by atoms with E-state index in [1.54, 1.807) is 0 Å². The van der Waals surface area contributed by atoms with Crippen LogP contribution < -0.4 is 0 Å². The Hall–Kier alpha value is 0.180. The predicted octanol–water partition coefficient (Wildman–Crippen LogP) is 3.36. The Bertz CT molecular complexity index is 445. The maximum atomic E-state index is 11.9. The average molecular weight is 390 g/mol. The van der Waals surface area contributed by atoms with Gasteiger partial charge in [-0.1, -0.05) is 33.1 Å². The first-order valence-electron chi connectivity index (χ1n) is 8.22. The summed E-state index contributed by atoms with van der Waals surface area (Å²) >= 11 is 0. The van der Waals surface area contributed by atoms with Crippen LogP contribution in [0.5, 0.6) is 0 Å². The van der Waals surface area contributed by atoms with Gasteiger partial charge < -0.3 is 14.5 Å². The molecule has 11 heteroatoms. The van der Waals surface area contributed by atoms with Crippen LogP contribution in [0.1, 0.15) is 52.4 Å². The molecule has 1 aliphatic heterocycles. The van der Waals surface area contributed by atoms with Crippen LogP contribution in [-0.2, 0) is 32.0 Å². The molecule has 4 atom stereocenters. The third-order valence-electron chi connectivity index (χ3n) is 3.25. The fourth-order valence-corrected chi connectivity index (χ4v) is 3.81. The number of hydrogen-bond donors (Lipinski definition) is 2. The molecule has 2 unspecified atom stereocenters. The topological polar surface area (TPSA) is 121 Å². The van der Waals surface area contributed by atoms with E-state index in [1.165, 1.54) is 0 Å². The highest BCUT2D eigenvalue weighted by molar-refractivity contribution is 7.47. The molecule has 0 aromatic carbocycles. The fraction of sp³-hybridized carbons (Fsp3) is 1.00. The minimum atomic E-state index is -4.33. The molecule has 24 heavy (non-hydrogen) atoms. The fourth-order valence-electron chi connectivity index (χ4n) is 1.96. The van der Waals surface area contributed by atoms with Gasteiger partial charge >= 0.3 is 15.6 Å². The van der Waals surface area contributed by atoms with Gasteiger partial charge in [-0.2, -0.15) is 0 Å². The van der Waals surface area contributed by atoms with E-state index in [-0.39, 0.29) is 26.2 Å². The smallest absolute Gasteiger partial charge is 0.349 e. The molecule has 144 valence electrons. The van der Waals surface area contributed by atoms with Crippen molar-refractivity contribution in [2.75, 3.05) is 19.8 Å². The molecule has 0 aromatic heterocycles. The standard InChI is InChI=1S/C13H28O9P2/c1-3-5-7-10-20-24(16,17)22-13-12(8-11-18-13)21-23(14,15)19-9-6-4-2/h12-13H,3-11H2,1-2H3,(H,14,15)(H,16,17)/t12-,13+/m0/s1. The van der Waals surface area contributed by atoms with E-state index in [2.05, 4.69) is 0 Å². The zero-order valence-electron chi connectivity index (χ0n) is 14.2. The summed E-state index contributed by atoms with van der Waals surface area (Å²) in [5.74, 6) is 0. The summed E-state index contributed by atoms with van der Waals surface area (Å²) in [6, 6.07) is 0. The van der Waals surface area contributed by atoms with Crippen molar-refractivity contribution in [1.82, 2.24) is 0 Å². The molecule has 2 N–H and O–H groups in total. The lowest BCUT2D eigenvalue weighted by atomic mass is 10.3. The Morgan fingerprint density at radius 2 is 1.54 bits per heavy atom. The van der Waals surface area contributed by atoms with Gasteiger partial charge in [0.2, 0.25) is 0 Å². The molecular formula is C13H28O9P2. The van der Waals surface area contributed by atoms with E-state index in [1.807, 2.05) is 13.8 Å². The van der Waals surface area contributed by atoms with Crippen LogP contribution in [0.25, 0.3) is 0 Å². The second-order valence-electron chi connectivity index (χ2n) is 5.44. The van der Waals surface area contributed by atoms with Crippen molar-refractivity contribution >= 4 is 15.6 Å². The predicted molar refractivity (Wildman–Crippen MR) is 86.3 cm³/mol. The van der Waals surface area contributed by atoms with E-state index in [0.29, 0.717) is 12.8 Å². The first kappa shape index (κ1) is 22.2. The third-order valence-corrected chi connectivity index (χ3v) is 5.28. The summed E-state index contributed by atoms with van der Waals surface area (Å²) in [4.78, 5) is 19.3. The summed E-state index contributed by atoms with van der Waals surface area (Å²) < 4.78 is 48.4. The van der Waals surface area contributed by atoms with Gasteiger partial charge in [0, 0.05) is 6.42 Å². The second-order valence-corrected chi connectivity index (χ2v) is 8.25. The quantitative estimate of drug-likeness (QED) is 0.360. The van der Waals surface area contributed by atoms with Crippen LogP contribution in [0.4, 0.5) is 0 Å². The molecular weight excluding hydrogens is 362 g/mol. The van der Waals surface area contributed by atoms with Crippen molar-refractivity contribution < 1.29 is 41.7 Å². The van der Waals surface area contributed by atoms with E-state index in [4.69, 9.17) is 22.8 Å². The molecule has 0 aromatic rings. The van der Waals surface area contributed by atoms with Gasteiger partial charge in [-0.05, 0) is 12.8 Å². The first-order chi connectivity index (χ1) is 11.3. The van der Waals surface area contributed by atoms with Crippen molar-refractivity contribution in [3.63, 3.8) is 0 Å². The molecule has 0 bridgehead atoms. The van der Waals surface area contributed by atoms with Crippen LogP contribution >= 0.6 is 15.6 Å². The summed E-state index contributed by atoms with van der Waals surface area (Å²) in [5, 5.41) is 0. The lowest BCUT2D eigenvalue weighted by molar-refractivity contribution is -0.103. The van der Waals surface area contributed by atoms with Gasteiger partial charge in [0.15, 0.2) is 6.29 Å². The average Bonchev–Trinajstić information content (AvgIpc) is 2.89. The molecule has 9 nitrogen and oxygen atoms in total. The molecule has 0 spiro atoms. The summed E-state index contributed by atoms with van der Waals surface area (Å²) in [7, 11) is -8.60. The lowest BCUT2D eigenvalue weighted by Crippen LogP contribution is -2.26. The van der Waals surface area contributed by atoms with Gasteiger partial charge in [0.1, 0.15) is 6.10 Å². The Morgan fingerprint density at radius 1 is 0.958 bits per heavy atom. The van der Waals surface area contributed by atoms with Crippen LogP contribution in [0.2, 0.25) is 0 Å². The first-order valence-corrected chi connectivity index (χ1v) is 11.2. The van der Waals surface area contributed by atoms with Gasteiger partial charge in [-0.3, -0.25) is 18.1 Å². The molecule has 0 aliphatic carbocycles. The third kappa shape index (κ3) is 9.04. The molecule has 0 amide bonds. The maximum Gasteiger partial charge on any atom is 0.474 e. The van der Waals surface area contributed by atoms with Gasteiger partial charge in [-0.25, -0.2) is 9.13 Å². The highest BCUT2D eigenvalue weighted by Crippen LogP contribution is 2.50. The van der Waals surface area contributed by atoms with E-state index < -0.39 is 28.0 Å². The Kier molecular flexibility index (Phi) is 10.2. The second kappa shape index (κ2) is 11.0. The van der Waals surface area contributed by atoms with Crippen molar-refractivity contribution in [1.29, 1.82) is 0 Å². The van der Waals surface area contributed by atoms with Crippen LogP contribution in [0, 0.1) is 0 Å². The van der Waals surface area contributed by atoms with Gasteiger partial charge in [-0.15, -0.1) is 0 Å². The van der Waals surface area contributed by atoms with Crippen LogP contribution in [0.15, 0.2) is 0 Å².